The van der Waals surface area contributed by atoms with E-state index in [0.717, 1.165) is 18.5 Å². The summed E-state index contributed by atoms with van der Waals surface area (Å²) in [6, 6.07) is 15.3. The van der Waals surface area contributed by atoms with E-state index in [4.69, 9.17) is 0 Å². The van der Waals surface area contributed by atoms with Crippen molar-refractivity contribution in [2.24, 2.45) is 0 Å². The summed E-state index contributed by atoms with van der Waals surface area (Å²) in [5.74, 6) is 0. The van der Waals surface area contributed by atoms with Gasteiger partial charge >= 0.3 is 0 Å². The molecule has 0 radical (unpaired) electrons. The fourth-order valence-electron chi connectivity index (χ4n) is 2.34. The first kappa shape index (κ1) is 13.4. The molecule has 0 fully saturated rings. The first-order valence-corrected chi connectivity index (χ1v) is 6.81. The minimum atomic E-state index is 0.366. The van der Waals surface area contributed by atoms with E-state index in [0.29, 0.717) is 6.04 Å². The average molecular weight is 252 g/mol. The van der Waals surface area contributed by atoms with Crippen molar-refractivity contribution in [3.05, 3.63) is 58.9 Å². The van der Waals surface area contributed by atoms with Gasteiger partial charge in [0.1, 0.15) is 11.8 Å². The predicted octanol–water partition coefficient (Wildman–Crippen LogP) is 4.23. The SMILES string of the molecule is CCC(C)n1c(C#N)ccc1Cc1ccc(C)cc1. The van der Waals surface area contributed by atoms with E-state index >= 15 is 0 Å². The Bertz CT molecular complexity index is 585. The van der Waals surface area contributed by atoms with Crippen molar-refractivity contribution >= 4 is 0 Å². The van der Waals surface area contributed by atoms with Gasteiger partial charge in [-0.2, -0.15) is 5.26 Å². The van der Waals surface area contributed by atoms with Crippen LogP contribution in [-0.4, -0.2) is 4.57 Å². The number of aryl methyl sites for hydroxylation is 1. The van der Waals surface area contributed by atoms with Crippen LogP contribution in [0.3, 0.4) is 0 Å². The molecule has 1 aromatic carbocycles. The third kappa shape index (κ3) is 2.88. The van der Waals surface area contributed by atoms with Crippen molar-refractivity contribution in [1.82, 2.24) is 4.57 Å². The number of rotatable bonds is 4. The summed E-state index contributed by atoms with van der Waals surface area (Å²) in [5, 5.41) is 9.21. The lowest BCUT2D eigenvalue weighted by Crippen LogP contribution is -2.10. The maximum Gasteiger partial charge on any atom is 0.120 e. The Hall–Kier alpha value is -2.01. The molecule has 0 aliphatic rings. The van der Waals surface area contributed by atoms with Gasteiger partial charge in [-0.05, 0) is 38.0 Å². The molecule has 1 atom stereocenters. The zero-order valence-electron chi connectivity index (χ0n) is 11.9. The Labute approximate surface area is 115 Å². The highest BCUT2D eigenvalue weighted by atomic mass is 15.0. The van der Waals surface area contributed by atoms with Crippen molar-refractivity contribution in [1.29, 1.82) is 5.26 Å². The van der Waals surface area contributed by atoms with Crippen LogP contribution in [0, 0.1) is 18.3 Å². The molecule has 0 bridgehead atoms. The quantitative estimate of drug-likeness (QED) is 0.800. The monoisotopic (exact) mass is 252 g/mol. The highest BCUT2D eigenvalue weighted by molar-refractivity contribution is 5.32. The van der Waals surface area contributed by atoms with Crippen molar-refractivity contribution < 1.29 is 0 Å². The van der Waals surface area contributed by atoms with E-state index < -0.39 is 0 Å². The molecule has 1 unspecified atom stereocenters. The first-order chi connectivity index (χ1) is 9.15. The third-order valence-corrected chi connectivity index (χ3v) is 3.65. The molecule has 0 spiro atoms. The van der Waals surface area contributed by atoms with Crippen LogP contribution in [0.4, 0.5) is 0 Å². The Morgan fingerprint density at radius 3 is 2.42 bits per heavy atom. The van der Waals surface area contributed by atoms with Gasteiger partial charge in [-0.25, -0.2) is 0 Å². The number of hydrogen-bond donors (Lipinski definition) is 0. The fraction of sp³-hybridized carbons (Fsp3) is 0.353. The summed E-state index contributed by atoms with van der Waals surface area (Å²) in [7, 11) is 0. The van der Waals surface area contributed by atoms with E-state index in [1.54, 1.807) is 0 Å². The number of nitriles is 1. The standard InChI is InChI=1S/C17H20N2/c1-4-14(3)19-16(9-10-17(19)12-18)11-15-7-5-13(2)6-8-15/h5-10,14H,4,11H2,1-3H3. The second-order valence-corrected chi connectivity index (χ2v) is 5.11. The molecule has 1 heterocycles. The van der Waals surface area contributed by atoms with E-state index in [-0.39, 0.29) is 0 Å². The third-order valence-electron chi connectivity index (χ3n) is 3.65. The Balaban J connectivity index is 2.32. The van der Waals surface area contributed by atoms with Crippen LogP contribution in [0.5, 0.6) is 0 Å². The molecule has 0 N–H and O–H groups in total. The van der Waals surface area contributed by atoms with E-state index in [9.17, 15) is 5.26 Å². The first-order valence-electron chi connectivity index (χ1n) is 6.81. The van der Waals surface area contributed by atoms with Gasteiger partial charge in [-0.1, -0.05) is 36.8 Å². The molecule has 0 aliphatic heterocycles. The fourth-order valence-corrected chi connectivity index (χ4v) is 2.34. The van der Waals surface area contributed by atoms with Crippen LogP contribution in [0.1, 0.15) is 48.8 Å². The summed E-state index contributed by atoms with van der Waals surface area (Å²) in [6.07, 6.45) is 1.91. The number of hydrogen-bond acceptors (Lipinski definition) is 1. The molecule has 98 valence electrons. The van der Waals surface area contributed by atoms with Crippen LogP contribution in [0.2, 0.25) is 0 Å². The number of nitrogens with zero attached hydrogens (tertiary/aromatic N) is 2. The molecule has 2 rings (SSSR count). The zero-order chi connectivity index (χ0) is 13.8. The largest absolute Gasteiger partial charge is 0.333 e. The lowest BCUT2D eigenvalue weighted by Gasteiger charge is -2.17. The van der Waals surface area contributed by atoms with Crippen molar-refractivity contribution in [3.63, 3.8) is 0 Å². The molecule has 1 aromatic heterocycles. The van der Waals surface area contributed by atoms with Crippen molar-refractivity contribution in [2.45, 2.75) is 39.7 Å². The summed E-state index contributed by atoms with van der Waals surface area (Å²) >= 11 is 0. The molecular weight excluding hydrogens is 232 g/mol. The molecule has 0 saturated heterocycles. The molecular formula is C17H20N2. The van der Waals surface area contributed by atoms with Crippen molar-refractivity contribution in [2.75, 3.05) is 0 Å². The summed E-state index contributed by atoms with van der Waals surface area (Å²) in [4.78, 5) is 0. The minimum Gasteiger partial charge on any atom is -0.333 e. The molecule has 0 amide bonds. The van der Waals surface area contributed by atoms with Gasteiger partial charge < -0.3 is 4.57 Å². The van der Waals surface area contributed by atoms with Crippen molar-refractivity contribution in [3.8, 4) is 6.07 Å². The summed E-state index contributed by atoms with van der Waals surface area (Å²) in [5.41, 5.74) is 4.54. The maximum atomic E-state index is 9.21. The highest BCUT2D eigenvalue weighted by Gasteiger charge is 2.12. The van der Waals surface area contributed by atoms with Crippen LogP contribution in [0.15, 0.2) is 36.4 Å². The summed E-state index contributed by atoms with van der Waals surface area (Å²) in [6.45, 7) is 6.42. The van der Waals surface area contributed by atoms with Gasteiger partial charge in [0.2, 0.25) is 0 Å². The molecule has 19 heavy (non-hydrogen) atoms. The average Bonchev–Trinajstić information content (AvgIpc) is 2.83. The van der Waals surface area contributed by atoms with Crippen LogP contribution >= 0.6 is 0 Å². The normalized spacial score (nSPS) is 12.1. The Morgan fingerprint density at radius 2 is 1.84 bits per heavy atom. The lowest BCUT2D eigenvalue weighted by atomic mass is 10.1. The smallest absolute Gasteiger partial charge is 0.120 e. The van der Waals surface area contributed by atoms with E-state index in [1.807, 2.05) is 6.07 Å². The predicted molar refractivity (Wildman–Crippen MR) is 78.1 cm³/mol. The Morgan fingerprint density at radius 1 is 1.16 bits per heavy atom. The second-order valence-electron chi connectivity index (χ2n) is 5.11. The van der Waals surface area contributed by atoms with Crippen LogP contribution in [0.25, 0.3) is 0 Å². The van der Waals surface area contributed by atoms with Crippen LogP contribution in [-0.2, 0) is 6.42 Å². The molecule has 2 heteroatoms. The maximum absolute atomic E-state index is 9.21. The number of aromatic nitrogens is 1. The van der Waals surface area contributed by atoms with Gasteiger partial charge in [0, 0.05) is 18.2 Å². The van der Waals surface area contributed by atoms with Crippen LogP contribution < -0.4 is 0 Å². The number of benzene rings is 1. The molecule has 2 aromatic rings. The van der Waals surface area contributed by atoms with Gasteiger partial charge in [-0.15, -0.1) is 0 Å². The molecule has 0 aliphatic carbocycles. The Kier molecular flexibility index (Phi) is 4.06. The second kappa shape index (κ2) is 5.75. The summed E-state index contributed by atoms with van der Waals surface area (Å²) < 4.78 is 2.17. The zero-order valence-corrected chi connectivity index (χ0v) is 11.9. The topological polar surface area (TPSA) is 28.7 Å². The van der Waals surface area contributed by atoms with Gasteiger partial charge in [0.25, 0.3) is 0 Å². The minimum absolute atomic E-state index is 0.366. The van der Waals surface area contributed by atoms with Gasteiger partial charge in [0.05, 0.1) is 0 Å². The van der Waals surface area contributed by atoms with E-state index in [1.165, 1.54) is 16.8 Å². The highest BCUT2D eigenvalue weighted by Crippen LogP contribution is 2.21. The molecule has 2 nitrogen and oxygen atoms in total. The molecule has 0 saturated carbocycles. The van der Waals surface area contributed by atoms with E-state index in [2.05, 4.69) is 61.7 Å². The van der Waals surface area contributed by atoms with Gasteiger partial charge in [-0.3, -0.25) is 0 Å². The lowest BCUT2D eigenvalue weighted by molar-refractivity contribution is 0.513. The van der Waals surface area contributed by atoms with Gasteiger partial charge in [0.15, 0.2) is 0 Å².